The molecule has 1 saturated carbocycles. The SMILES string of the molecule is OCCc1ccccc1C1CCCCC1. The first-order chi connectivity index (χ1) is 7.42. The maximum atomic E-state index is 9.04. The topological polar surface area (TPSA) is 20.2 Å². The standard InChI is InChI=1S/C14H20O/c15-11-10-13-8-4-5-9-14(13)12-6-2-1-3-7-12/h4-5,8-9,12,15H,1-3,6-7,10-11H2. The largest absolute Gasteiger partial charge is 0.396 e. The van der Waals surface area contributed by atoms with Crippen molar-refractivity contribution in [2.24, 2.45) is 0 Å². The van der Waals surface area contributed by atoms with Crippen LogP contribution in [-0.2, 0) is 6.42 Å². The molecule has 1 aromatic carbocycles. The van der Waals surface area contributed by atoms with Gasteiger partial charge < -0.3 is 5.11 Å². The van der Waals surface area contributed by atoms with E-state index >= 15 is 0 Å². The van der Waals surface area contributed by atoms with Gasteiger partial charge in [-0.1, -0.05) is 43.5 Å². The molecular formula is C14H20O. The van der Waals surface area contributed by atoms with Crippen LogP contribution in [0.1, 0.15) is 49.1 Å². The summed E-state index contributed by atoms with van der Waals surface area (Å²) in [6.07, 6.45) is 7.63. The van der Waals surface area contributed by atoms with Crippen molar-refractivity contribution < 1.29 is 5.11 Å². The summed E-state index contributed by atoms with van der Waals surface area (Å²) in [7, 11) is 0. The van der Waals surface area contributed by atoms with Gasteiger partial charge in [-0.2, -0.15) is 0 Å². The lowest BCUT2D eigenvalue weighted by Crippen LogP contribution is -2.08. The summed E-state index contributed by atoms with van der Waals surface area (Å²) >= 11 is 0. The van der Waals surface area contributed by atoms with Crippen LogP contribution in [0.15, 0.2) is 24.3 Å². The minimum atomic E-state index is 0.268. The van der Waals surface area contributed by atoms with Gasteiger partial charge in [0.1, 0.15) is 0 Å². The van der Waals surface area contributed by atoms with Gasteiger partial charge >= 0.3 is 0 Å². The van der Waals surface area contributed by atoms with Crippen LogP contribution in [0.4, 0.5) is 0 Å². The van der Waals surface area contributed by atoms with Gasteiger partial charge in [-0.05, 0) is 36.3 Å². The van der Waals surface area contributed by atoms with E-state index in [-0.39, 0.29) is 6.61 Å². The van der Waals surface area contributed by atoms with E-state index in [1.807, 2.05) is 0 Å². The zero-order valence-electron chi connectivity index (χ0n) is 9.28. The maximum Gasteiger partial charge on any atom is 0.0471 e. The van der Waals surface area contributed by atoms with Crippen LogP contribution >= 0.6 is 0 Å². The fraction of sp³-hybridized carbons (Fsp3) is 0.571. The summed E-state index contributed by atoms with van der Waals surface area (Å²) in [4.78, 5) is 0. The predicted molar refractivity (Wildman–Crippen MR) is 63.1 cm³/mol. The molecule has 0 saturated heterocycles. The van der Waals surface area contributed by atoms with Crippen molar-refractivity contribution in [1.29, 1.82) is 0 Å². The Morgan fingerprint density at radius 3 is 2.53 bits per heavy atom. The molecule has 0 atom stereocenters. The third kappa shape index (κ3) is 2.60. The third-order valence-corrected chi connectivity index (χ3v) is 3.48. The van der Waals surface area contributed by atoms with Gasteiger partial charge in [-0.15, -0.1) is 0 Å². The Balaban J connectivity index is 2.17. The monoisotopic (exact) mass is 204 g/mol. The Kier molecular flexibility index (Phi) is 3.79. The van der Waals surface area contributed by atoms with Crippen LogP contribution in [-0.4, -0.2) is 11.7 Å². The zero-order valence-corrected chi connectivity index (χ0v) is 9.28. The number of aliphatic hydroxyl groups is 1. The van der Waals surface area contributed by atoms with Crippen molar-refractivity contribution >= 4 is 0 Å². The predicted octanol–water partition coefficient (Wildman–Crippen LogP) is 3.27. The zero-order chi connectivity index (χ0) is 10.5. The average Bonchev–Trinajstić information content (AvgIpc) is 2.31. The molecule has 1 aliphatic carbocycles. The molecule has 0 unspecified atom stereocenters. The highest BCUT2D eigenvalue weighted by Crippen LogP contribution is 2.34. The van der Waals surface area contributed by atoms with E-state index in [1.165, 1.54) is 43.2 Å². The molecule has 1 aliphatic rings. The minimum absolute atomic E-state index is 0.268. The number of rotatable bonds is 3. The Morgan fingerprint density at radius 2 is 1.80 bits per heavy atom. The van der Waals surface area contributed by atoms with Gasteiger partial charge in [0.2, 0.25) is 0 Å². The average molecular weight is 204 g/mol. The smallest absolute Gasteiger partial charge is 0.0471 e. The summed E-state index contributed by atoms with van der Waals surface area (Å²) in [5.74, 6) is 0.751. The normalized spacial score (nSPS) is 17.9. The van der Waals surface area contributed by atoms with Crippen molar-refractivity contribution in [2.45, 2.75) is 44.4 Å². The second-order valence-electron chi connectivity index (χ2n) is 4.51. The van der Waals surface area contributed by atoms with Crippen molar-refractivity contribution in [2.75, 3.05) is 6.61 Å². The third-order valence-electron chi connectivity index (χ3n) is 3.48. The number of aliphatic hydroxyl groups excluding tert-OH is 1. The van der Waals surface area contributed by atoms with Gasteiger partial charge in [0.05, 0.1) is 0 Å². The molecule has 0 aliphatic heterocycles. The lowest BCUT2D eigenvalue weighted by atomic mass is 9.81. The van der Waals surface area contributed by atoms with Gasteiger partial charge in [0, 0.05) is 6.61 Å². The Morgan fingerprint density at radius 1 is 1.07 bits per heavy atom. The molecule has 1 fully saturated rings. The van der Waals surface area contributed by atoms with Crippen molar-refractivity contribution in [3.63, 3.8) is 0 Å². The first-order valence-corrected chi connectivity index (χ1v) is 6.10. The molecule has 1 nitrogen and oxygen atoms in total. The summed E-state index contributed by atoms with van der Waals surface area (Å²) in [6, 6.07) is 8.63. The highest BCUT2D eigenvalue weighted by molar-refractivity contribution is 5.30. The number of benzene rings is 1. The van der Waals surface area contributed by atoms with E-state index < -0.39 is 0 Å². The van der Waals surface area contributed by atoms with Gasteiger partial charge in [0.25, 0.3) is 0 Å². The molecule has 0 amide bonds. The van der Waals surface area contributed by atoms with E-state index in [4.69, 9.17) is 5.11 Å². The second-order valence-corrected chi connectivity index (χ2v) is 4.51. The van der Waals surface area contributed by atoms with Crippen molar-refractivity contribution in [3.05, 3.63) is 35.4 Å². The van der Waals surface area contributed by atoms with E-state index in [2.05, 4.69) is 24.3 Å². The van der Waals surface area contributed by atoms with Crippen LogP contribution < -0.4 is 0 Å². The van der Waals surface area contributed by atoms with E-state index in [1.54, 1.807) is 0 Å². The van der Waals surface area contributed by atoms with Crippen molar-refractivity contribution in [1.82, 2.24) is 0 Å². The van der Waals surface area contributed by atoms with Crippen LogP contribution in [0.5, 0.6) is 0 Å². The Hall–Kier alpha value is -0.820. The molecule has 0 aromatic heterocycles. The van der Waals surface area contributed by atoms with Crippen LogP contribution in [0.3, 0.4) is 0 Å². The van der Waals surface area contributed by atoms with Gasteiger partial charge in [0.15, 0.2) is 0 Å². The molecular weight excluding hydrogens is 184 g/mol. The lowest BCUT2D eigenvalue weighted by Gasteiger charge is -2.24. The lowest BCUT2D eigenvalue weighted by molar-refractivity contribution is 0.298. The molecule has 2 rings (SSSR count). The minimum Gasteiger partial charge on any atom is -0.396 e. The molecule has 0 heterocycles. The van der Waals surface area contributed by atoms with Crippen LogP contribution in [0, 0.1) is 0 Å². The number of hydrogen-bond donors (Lipinski definition) is 1. The highest BCUT2D eigenvalue weighted by atomic mass is 16.2. The van der Waals surface area contributed by atoms with E-state index in [0.717, 1.165) is 12.3 Å². The van der Waals surface area contributed by atoms with E-state index in [9.17, 15) is 0 Å². The summed E-state index contributed by atoms with van der Waals surface area (Å²) in [6.45, 7) is 0.268. The maximum absolute atomic E-state index is 9.04. The fourth-order valence-corrected chi connectivity index (χ4v) is 2.69. The summed E-state index contributed by atoms with van der Waals surface area (Å²) in [5.41, 5.74) is 2.85. The first kappa shape index (κ1) is 10.7. The van der Waals surface area contributed by atoms with E-state index in [0.29, 0.717) is 0 Å². The molecule has 82 valence electrons. The van der Waals surface area contributed by atoms with Crippen LogP contribution in [0.2, 0.25) is 0 Å². The van der Waals surface area contributed by atoms with Gasteiger partial charge in [-0.25, -0.2) is 0 Å². The first-order valence-electron chi connectivity index (χ1n) is 6.10. The Labute approximate surface area is 92.1 Å². The molecule has 0 spiro atoms. The quantitative estimate of drug-likeness (QED) is 0.801. The summed E-state index contributed by atoms with van der Waals surface area (Å²) in [5, 5.41) is 9.04. The van der Waals surface area contributed by atoms with Crippen LogP contribution in [0.25, 0.3) is 0 Å². The molecule has 0 radical (unpaired) electrons. The Bertz CT molecular complexity index is 300. The highest BCUT2D eigenvalue weighted by Gasteiger charge is 2.17. The molecule has 1 heteroatoms. The summed E-state index contributed by atoms with van der Waals surface area (Å²) < 4.78 is 0. The molecule has 15 heavy (non-hydrogen) atoms. The van der Waals surface area contributed by atoms with Gasteiger partial charge in [-0.3, -0.25) is 0 Å². The second kappa shape index (κ2) is 5.32. The fourth-order valence-electron chi connectivity index (χ4n) is 2.69. The number of hydrogen-bond acceptors (Lipinski definition) is 1. The molecule has 1 N–H and O–H groups in total. The molecule has 1 aromatic rings. The molecule has 0 bridgehead atoms. The van der Waals surface area contributed by atoms with Crippen molar-refractivity contribution in [3.8, 4) is 0 Å².